The molecule has 110 valence electrons. The van der Waals surface area contributed by atoms with Crippen LogP contribution in [-0.2, 0) is 11.3 Å². The molecule has 6 nitrogen and oxygen atoms in total. The molecule has 0 aliphatic heterocycles. The zero-order chi connectivity index (χ0) is 15.2. The fourth-order valence-corrected chi connectivity index (χ4v) is 2.56. The van der Waals surface area contributed by atoms with Gasteiger partial charge < -0.3 is 15.0 Å². The molecule has 0 aromatic carbocycles. The van der Waals surface area contributed by atoms with Crippen molar-refractivity contribution in [3.8, 4) is 0 Å². The van der Waals surface area contributed by atoms with Gasteiger partial charge in [0.1, 0.15) is 0 Å². The maximum Gasteiger partial charge on any atom is 0.328 e. The first-order valence-electron chi connectivity index (χ1n) is 6.31. The lowest BCUT2D eigenvalue weighted by atomic mass is 10.2. The minimum atomic E-state index is -1.01. The van der Waals surface area contributed by atoms with Crippen LogP contribution in [0.25, 0.3) is 6.08 Å². The molecule has 0 aliphatic rings. The van der Waals surface area contributed by atoms with Crippen LogP contribution in [0.15, 0.2) is 36.2 Å². The van der Waals surface area contributed by atoms with Gasteiger partial charge >= 0.3 is 5.97 Å². The number of rotatable bonds is 6. The third-order valence-electron chi connectivity index (χ3n) is 2.69. The summed E-state index contributed by atoms with van der Waals surface area (Å²) in [6.07, 6.45) is 7.74. The van der Waals surface area contributed by atoms with Gasteiger partial charge in [-0.3, -0.25) is 4.79 Å². The molecule has 2 aromatic heterocycles. The number of thiophene rings is 1. The summed E-state index contributed by atoms with van der Waals surface area (Å²) in [5, 5.41) is 13.2. The molecule has 21 heavy (non-hydrogen) atoms. The molecule has 2 heterocycles. The van der Waals surface area contributed by atoms with Gasteiger partial charge in [0.05, 0.1) is 11.9 Å². The van der Waals surface area contributed by atoms with Gasteiger partial charge in [-0.05, 0) is 19.1 Å². The highest BCUT2D eigenvalue weighted by Gasteiger charge is 2.11. The van der Waals surface area contributed by atoms with E-state index in [0.29, 0.717) is 12.1 Å². The number of imidazole rings is 1. The molecule has 2 aromatic rings. The van der Waals surface area contributed by atoms with Crippen molar-refractivity contribution in [2.75, 3.05) is 0 Å². The second kappa shape index (κ2) is 6.85. The number of aliphatic carboxylic acids is 1. The molecule has 0 spiro atoms. The fourth-order valence-electron chi connectivity index (χ4n) is 1.78. The number of hydrogen-bond acceptors (Lipinski definition) is 4. The number of carbonyl (C=O) groups is 2. The lowest BCUT2D eigenvalue weighted by Gasteiger charge is -2.13. The molecule has 2 N–H and O–H groups in total. The van der Waals surface area contributed by atoms with Gasteiger partial charge in [0.25, 0.3) is 5.91 Å². The average Bonchev–Trinajstić information content (AvgIpc) is 3.06. The largest absolute Gasteiger partial charge is 0.478 e. The van der Waals surface area contributed by atoms with Gasteiger partial charge in [0.15, 0.2) is 0 Å². The van der Waals surface area contributed by atoms with Crippen LogP contribution in [0.2, 0.25) is 0 Å². The van der Waals surface area contributed by atoms with Crippen molar-refractivity contribution in [2.45, 2.75) is 19.5 Å². The lowest BCUT2D eigenvalue weighted by molar-refractivity contribution is -0.131. The molecule has 0 fully saturated rings. The highest BCUT2D eigenvalue weighted by molar-refractivity contribution is 7.11. The van der Waals surface area contributed by atoms with Crippen LogP contribution in [0, 0.1) is 0 Å². The molecule has 0 saturated carbocycles. The van der Waals surface area contributed by atoms with Gasteiger partial charge in [-0.1, -0.05) is 0 Å². The van der Waals surface area contributed by atoms with E-state index in [9.17, 15) is 9.59 Å². The summed E-state index contributed by atoms with van der Waals surface area (Å²) < 4.78 is 1.89. The summed E-state index contributed by atoms with van der Waals surface area (Å²) in [6.45, 7) is 2.55. The van der Waals surface area contributed by atoms with Gasteiger partial charge in [-0.25, -0.2) is 9.78 Å². The van der Waals surface area contributed by atoms with E-state index in [2.05, 4.69) is 10.3 Å². The first-order valence-corrected chi connectivity index (χ1v) is 7.18. The minimum Gasteiger partial charge on any atom is -0.478 e. The summed E-state index contributed by atoms with van der Waals surface area (Å²) in [7, 11) is 0. The van der Waals surface area contributed by atoms with Crippen LogP contribution < -0.4 is 5.32 Å². The highest BCUT2D eigenvalue weighted by atomic mass is 32.1. The summed E-state index contributed by atoms with van der Waals surface area (Å²) in [6, 6.07) is 1.63. The van der Waals surface area contributed by atoms with E-state index in [1.54, 1.807) is 24.0 Å². The van der Waals surface area contributed by atoms with Crippen LogP contribution in [0.5, 0.6) is 0 Å². The molecular weight excluding hydrogens is 290 g/mol. The fraction of sp³-hybridized carbons (Fsp3) is 0.214. The lowest BCUT2D eigenvalue weighted by Crippen LogP contribution is -2.35. The number of carboxylic acids is 1. The Bertz CT molecular complexity index is 646. The summed E-state index contributed by atoms with van der Waals surface area (Å²) in [5.74, 6) is -1.18. The van der Waals surface area contributed by atoms with Gasteiger partial charge in [0.2, 0.25) is 0 Å². The predicted molar refractivity (Wildman–Crippen MR) is 80.1 cm³/mol. The van der Waals surface area contributed by atoms with Gasteiger partial charge in [-0.15, -0.1) is 11.3 Å². The summed E-state index contributed by atoms with van der Waals surface area (Å²) >= 11 is 1.33. The number of aromatic nitrogens is 2. The third-order valence-corrected chi connectivity index (χ3v) is 3.59. The van der Waals surface area contributed by atoms with E-state index in [1.165, 1.54) is 17.4 Å². The number of carboxylic acid groups (broad SMARTS) is 1. The van der Waals surface area contributed by atoms with Crippen LogP contribution in [0.1, 0.15) is 22.2 Å². The molecule has 1 amide bonds. The summed E-state index contributed by atoms with van der Waals surface area (Å²) in [5.41, 5.74) is 0.530. The molecule has 1 atom stereocenters. The zero-order valence-electron chi connectivity index (χ0n) is 11.4. The smallest absolute Gasteiger partial charge is 0.328 e. The molecule has 0 saturated heterocycles. The van der Waals surface area contributed by atoms with Gasteiger partial charge in [-0.2, -0.15) is 0 Å². The van der Waals surface area contributed by atoms with Crippen molar-refractivity contribution in [1.82, 2.24) is 14.9 Å². The van der Waals surface area contributed by atoms with Crippen LogP contribution in [0.4, 0.5) is 0 Å². The third kappa shape index (κ3) is 4.57. The van der Waals surface area contributed by atoms with E-state index < -0.39 is 5.97 Å². The van der Waals surface area contributed by atoms with E-state index >= 15 is 0 Å². The Hall–Kier alpha value is -2.41. The van der Waals surface area contributed by atoms with Crippen molar-refractivity contribution in [3.05, 3.63) is 46.7 Å². The standard InChI is InChI=1S/C14H15N3O3S/c1-10(7-17-5-4-15-9-17)16-14(20)11-6-12(21-8-11)2-3-13(18)19/h2-6,8-10H,7H2,1H3,(H,16,20)(H,18,19). The molecule has 2 rings (SSSR count). The SMILES string of the molecule is CC(Cn1ccnc1)NC(=O)c1csc(C=CC(=O)O)c1. The van der Waals surface area contributed by atoms with E-state index in [0.717, 1.165) is 11.0 Å². The Kier molecular flexibility index (Phi) is 4.89. The highest BCUT2D eigenvalue weighted by Crippen LogP contribution is 2.16. The second-order valence-corrected chi connectivity index (χ2v) is 5.49. The van der Waals surface area contributed by atoms with E-state index in [4.69, 9.17) is 5.11 Å². The maximum atomic E-state index is 12.1. The number of amides is 1. The molecular formula is C14H15N3O3S. The molecule has 0 radical (unpaired) electrons. The molecule has 0 bridgehead atoms. The van der Waals surface area contributed by atoms with Gasteiger partial charge in [0, 0.05) is 41.3 Å². The van der Waals surface area contributed by atoms with Crippen molar-refractivity contribution >= 4 is 29.3 Å². The maximum absolute atomic E-state index is 12.1. The monoisotopic (exact) mass is 305 g/mol. The van der Waals surface area contributed by atoms with Crippen molar-refractivity contribution < 1.29 is 14.7 Å². The Morgan fingerprint density at radius 2 is 2.38 bits per heavy atom. The first kappa shape index (κ1) is 15.0. The number of nitrogens with zero attached hydrogens (tertiary/aromatic N) is 2. The second-order valence-electron chi connectivity index (χ2n) is 4.54. The van der Waals surface area contributed by atoms with Crippen molar-refractivity contribution in [2.24, 2.45) is 0 Å². The first-order chi connectivity index (χ1) is 10.0. The normalized spacial score (nSPS) is 12.4. The minimum absolute atomic E-state index is 0.0374. The molecule has 7 heteroatoms. The quantitative estimate of drug-likeness (QED) is 0.798. The molecule has 1 unspecified atom stereocenters. The molecule has 0 aliphatic carbocycles. The van der Waals surface area contributed by atoms with E-state index in [1.807, 2.05) is 17.7 Å². The predicted octanol–water partition coefficient (Wildman–Crippen LogP) is 1.86. The Morgan fingerprint density at radius 3 is 3.05 bits per heavy atom. The number of carbonyl (C=O) groups excluding carboxylic acids is 1. The Balaban J connectivity index is 1.92. The topological polar surface area (TPSA) is 84.2 Å². The summed E-state index contributed by atoms with van der Waals surface area (Å²) in [4.78, 5) is 27.2. The van der Waals surface area contributed by atoms with Crippen LogP contribution in [0.3, 0.4) is 0 Å². The van der Waals surface area contributed by atoms with Crippen LogP contribution in [-0.4, -0.2) is 32.6 Å². The zero-order valence-corrected chi connectivity index (χ0v) is 12.2. The van der Waals surface area contributed by atoms with Crippen LogP contribution >= 0.6 is 11.3 Å². The van der Waals surface area contributed by atoms with Crippen molar-refractivity contribution in [1.29, 1.82) is 0 Å². The number of hydrogen-bond donors (Lipinski definition) is 2. The van der Waals surface area contributed by atoms with Crippen molar-refractivity contribution in [3.63, 3.8) is 0 Å². The Labute approximate surface area is 125 Å². The average molecular weight is 305 g/mol. The Morgan fingerprint density at radius 1 is 1.57 bits per heavy atom. The number of nitrogens with one attached hydrogen (secondary N) is 1. The van der Waals surface area contributed by atoms with E-state index in [-0.39, 0.29) is 11.9 Å².